The van der Waals surface area contributed by atoms with Crippen LogP contribution in [-0.4, -0.2) is 31.1 Å². The smallest absolute Gasteiger partial charge is 0.0454 e. The molecule has 1 heterocycles. The normalized spacial score (nSPS) is 23.1. The molecule has 2 fully saturated rings. The summed E-state index contributed by atoms with van der Waals surface area (Å²) in [4.78, 5) is 2.65. The van der Waals surface area contributed by atoms with Crippen LogP contribution in [0.15, 0.2) is 22.7 Å². The van der Waals surface area contributed by atoms with Crippen molar-refractivity contribution in [3.8, 4) is 0 Å². The van der Waals surface area contributed by atoms with Gasteiger partial charge in [-0.15, -0.1) is 0 Å². The number of nitrogens with one attached hydrogen (secondary N) is 1. The summed E-state index contributed by atoms with van der Waals surface area (Å²) in [5.74, 6) is 0.753. The van der Waals surface area contributed by atoms with Gasteiger partial charge in [0, 0.05) is 41.7 Å². The highest BCUT2D eigenvalue weighted by Gasteiger charge is 2.32. The van der Waals surface area contributed by atoms with E-state index in [-0.39, 0.29) is 0 Å². The summed E-state index contributed by atoms with van der Waals surface area (Å²) in [5.41, 5.74) is 1.32. The molecule has 1 aliphatic heterocycles. The fraction of sp³-hybridized carbons (Fsp3) is 0.647. The van der Waals surface area contributed by atoms with Crippen LogP contribution in [0.1, 0.15) is 43.7 Å². The largest absolute Gasteiger partial charge is 0.314 e. The van der Waals surface area contributed by atoms with E-state index in [2.05, 4.69) is 32.2 Å². The molecule has 4 heteroatoms. The highest BCUT2D eigenvalue weighted by molar-refractivity contribution is 9.10. The van der Waals surface area contributed by atoms with Crippen molar-refractivity contribution in [3.63, 3.8) is 0 Å². The molecule has 1 N–H and O–H groups in total. The van der Waals surface area contributed by atoms with E-state index in [4.69, 9.17) is 11.6 Å². The summed E-state index contributed by atoms with van der Waals surface area (Å²) < 4.78 is 1.14. The van der Waals surface area contributed by atoms with Crippen molar-refractivity contribution in [1.29, 1.82) is 0 Å². The van der Waals surface area contributed by atoms with Gasteiger partial charge in [-0.2, -0.15) is 0 Å². The fourth-order valence-corrected chi connectivity index (χ4v) is 4.51. The zero-order valence-corrected chi connectivity index (χ0v) is 14.8. The average molecular weight is 372 g/mol. The van der Waals surface area contributed by atoms with E-state index in [9.17, 15) is 0 Å². The van der Waals surface area contributed by atoms with Crippen molar-refractivity contribution in [2.24, 2.45) is 5.92 Å². The molecule has 1 aromatic carbocycles. The summed E-state index contributed by atoms with van der Waals surface area (Å²) in [5, 5.41) is 4.39. The predicted octanol–water partition coefficient (Wildman–Crippen LogP) is 4.63. The van der Waals surface area contributed by atoms with Gasteiger partial charge >= 0.3 is 0 Å². The number of halogens is 2. The van der Waals surface area contributed by atoms with Gasteiger partial charge in [0.15, 0.2) is 0 Å². The van der Waals surface area contributed by atoms with E-state index in [0.29, 0.717) is 6.04 Å². The van der Waals surface area contributed by atoms with Gasteiger partial charge in [-0.05, 0) is 42.5 Å². The molecule has 0 aromatic heterocycles. The third-order valence-electron chi connectivity index (χ3n) is 4.92. The van der Waals surface area contributed by atoms with Gasteiger partial charge in [-0.25, -0.2) is 0 Å². The molecule has 116 valence electrons. The van der Waals surface area contributed by atoms with Crippen LogP contribution >= 0.6 is 27.5 Å². The van der Waals surface area contributed by atoms with Crippen LogP contribution in [0.4, 0.5) is 0 Å². The summed E-state index contributed by atoms with van der Waals surface area (Å²) in [7, 11) is 0. The SMILES string of the molecule is Clc1ccc(Br)cc1[C@H](C1CCCCC1)N1CCNCC1. The van der Waals surface area contributed by atoms with Crippen molar-refractivity contribution in [3.05, 3.63) is 33.3 Å². The lowest BCUT2D eigenvalue weighted by Crippen LogP contribution is -2.47. The van der Waals surface area contributed by atoms with Crippen molar-refractivity contribution < 1.29 is 0 Å². The molecular weight excluding hydrogens is 348 g/mol. The van der Waals surface area contributed by atoms with Crippen LogP contribution in [0.3, 0.4) is 0 Å². The molecule has 1 aliphatic carbocycles. The number of nitrogens with zero attached hydrogens (tertiary/aromatic N) is 1. The fourth-order valence-electron chi connectivity index (χ4n) is 3.90. The monoisotopic (exact) mass is 370 g/mol. The van der Waals surface area contributed by atoms with Crippen LogP contribution in [0, 0.1) is 5.92 Å². The number of rotatable bonds is 3. The molecule has 0 bridgehead atoms. The van der Waals surface area contributed by atoms with Crippen LogP contribution in [-0.2, 0) is 0 Å². The predicted molar refractivity (Wildman–Crippen MR) is 92.9 cm³/mol. The highest BCUT2D eigenvalue weighted by atomic mass is 79.9. The van der Waals surface area contributed by atoms with Gasteiger partial charge in [0.2, 0.25) is 0 Å². The maximum atomic E-state index is 6.57. The molecule has 21 heavy (non-hydrogen) atoms. The summed E-state index contributed by atoms with van der Waals surface area (Å²) in [6, 6.07) is 6.81. The standard InChI is InChI=1S/C17H24BrClN2/c18-14-6-7-16(19)15(12-14)17(13-4-2-1-3-5-13)21-10-8-20-9-11-21/h6-7,12-13,17,20H,1-5,8-11H2/t17-/m0/s1. The van der Waals surface area contributed by atoms with E-state index in [1.165, 1.54) is 37.7 Å². The lowest BCUT2D eigenvalue weighted by Gasteiger charge is -2.41. The Morgan fingerprint density at radius 3 is 2.57 bits per heavy atom. The maximum absolute atomic E-state index is 6.57. The molecule has 1 saturated carbocycles. The molecule has 3 rings (SSSR count). The van der Waals surface area contributed by atoms with Crippen molar-refractivity contribution >= 4 is 27.5 Å². The van der Waals surface area contributed by atoms with Crippen molar-refractivity contribution in [2.45, 2.75) is 38.1 Å². The molecular formula is C17H24BrClN2. The van der Waals surface area contributed by atoms with Crippen LogP contribution in [0.2, 0.25) is 5.02 Å². The number of hydrogen-bond acceptors (Lipinski definition) is 2. The molecule has 0 unspecified atom stereocenters. The second kappa shape index (κ2) is 7.45. The molecule has 1 aromatic rings. The molecule has 0 radical (unpaired) electrons. The number of benzene rings is 1. The average Bonchev–Trinajstić information content (AvgIpc) is 2.53. The van der Waals surface area contributed by atoms with Gasteiger partial charge in [0.25, 0.3) is 0 Å². The van der Waals surface area contributed by atoms with Crippen molar-refractivity contribution in [1.82, 2.24) is 10.2 Å². The highest BCUT2D eigenvalue weighted by Crippen LogP contribution is 2.41. The van der Waals surface area contributed by atoms with E-state index in [1.54, 1.807) is 0 Å². The summed E-state index contributed by atoms with van der Waals surface area (Å²) in [6.07, 6.45) is 6.84. The van der Waals surface area contributed by atoms with E-state index < -0.39 is 0 Å². The molecule has 0 amide bonds. The van der Waals surface area contributed by atoms with Crippen LogP contribution in [0.5, 0.6) is 0 Å². The van der Waals surface area contributed by atoms with E-state index in [1.807, 2.05) is 12.1 Å². The van der Waals surface area contributed by atoms with Gasteiger partial charge in [-0.1, -0.05) is 46.8 Å². The molecule has 1 atom stereocenters. The van der Waals surface area contributed by atoms with Gasteiger partial charge in [-0.3, -0.25) is 4.90 Å². The Balaban J connectivity index is 1.91. The van der Waals surface area contributed by atoms with Gasteiger partial charge in [0.1, 0.15) is 0 Å². The second-order valence-electron chi connectivity index (χ2n) is 6.29. The topological polar surface area (TPSA) is 15.3 Å². The Labute approximate surface area is 141 Å². The lowest BCUT2D eigenvalue weighted by atomic mass is 9.80. The zero-order chi connectivity index (χ0) is 14.7. The molecule has 2 nitrogen and oxygen atoms in total. The molecule has 0 spiro atoms. The third-order valence-corrected chi connectivity index (χ3v) is 5.76. The number of piperazine rings is 1. The van der Waals surface area contributed by atoms with Gasteiger partial charge in [0.05, 0.1) is 0 Å². The molecule has 1 saturated heterocycles. The summed E-state index contributed by atoms with van der Waals surface area (Å²) in [6.45, 7) is 4.44. The van der Waals surface area contributed by atoms with E-state index in [0.717, 1.165) is 41.6 Å². The maximum Gasteiger partial charge on any atom is 0.0454 e. The Hall–Kier alpha value is -0.0900. The van der Waals surface area contributed by atoms with E-state index >= 15 is 0 Å². The second-order valence-corrected chi connectivity index (χ2v) is 7.62. The van der Waals surface area contributed by atoms with Crippen LogP contribution < -0.4 is 5.32 Å². The Morgan fingerprint density at radius 1 is 1.14 bits per heavy atom. The Bertz CT molecular complexity index is 450. The lowest BCUT2D eigenvalue weighted by molar-refractivity contribution is 0.103. The first-order chi connectivity index (χ1) is 10.3. The minimum atomic E-state index is 0.484. The first-order valence-corrected chi connectivity index (χ1v) is 9.32. The Morgan fingerprint density at radius 2 is 1.86 bits per heavy atom. The van der Waals surface area contributed by atoms with Crippen molar-refractivity contribution in [2.75, 3.05) is 26.2 Å². The van der Waals surface area contributed by atoms with Crippen LogP contribution in [0.25, 0.3) is 0 Å². The first kappa shape index (κ1) is 15.8. The Kier molecular flexibility index (Phi) is 5.60. The minimum Gasteiger partial charge on any atom is -0.314 e. The molecule has 2 aliphatic rings. The minimum absolute atomic E-state index is 0.484. The quantitative estimate of drug-likeness (QED) is 0.833. The zero-order valence-electron chi connectivity index (χ0n) is 12.5. The van der Waals surface area contributed by atoms with Gasteiger partial charge < -0.3 is 5.32 Å². The third kappa shape index (κ3) is 3.82. The first-order valence-electron chi connectivity index (χ1n) is 8.15. The number of hydrogen-bond donors (Lipinski definition) is 1. The summed E-state index contributed by atoms with van der Waals surface area (Å²) >= 11 is 10.2.